The van der Waals surface area contributed by atoms with Gasteiger partial charge in [0.2, 0.25) is 0 Å². The molecule has 2 heterocycles. The van der Waals surface area contributed by atoms with Crippen LogP contribution in [0.25, 0.3) is 11.3 Å². The molecule has 2 N–H and O–H groups in total. The van der Waals surface area contributed by atoms with Crippen molar-refractivity contribution in [3.63, 3.8) is 0 Å². The molecule has 0 saturated carbocycles. The number of fused-ring (bicyclic) bond motifs is 1. The quantitative estimate of drug-likeness (QED) is 0.490. The summed E-state index contributed by atoms with van der Waals surface area (Å²) in [5.41, 5.74) is 5.31. The van der Waals surface area contributed by atoms with Gasteiger partial charge in [-0.1, -0.05) is 52.3 Å². The summed E-state index contributed by atoms with van der Waals surface area (Å²) < 4.78 is 0.905. The van der Waals surface area contributed by atoms with Crippen LogP contribution in [0, 0.1) is 0 Å². The van der Waals surface area contributed by atoms with Crippen LogP contribution < -0.4 is 10.6 Å². The largest absolute Gasteiger partial charge is 0.354 e. The van der Waals surface area contributed by atoms with E-state index in [0.717, 1.165) is 58.9 Å². The minimum atomic E-state index is -0.152. The van der Waals surface area contributed by atoms with E-state index >= 15 is 0 Å². The highest BCUT2D eigenvalue weighted by Crippen LogP contribution is 2.38. The summed E-state index contributed by atoms with van der Waals surface area (Å²) in [5.74, 6) is -0.0997. The second kappa shape index (κ2) is 9.44. The molecule has 34 heavy (non-hydrogen) atoms. The summed E-state index contributed by atoms with van der Waals surface area (Å²) in [4.78, 5) is 30.0. The normalized spacial score (nSPS) is 17.2. The van der Waals surface area contributed by atoms with Crippen molar-refractivity contribution < 1.29 is 9.59 Å². The van der Waals surface area contributed by atoms with Crippen LogP contribution in [-0.4, -0.2) is 54.8 Å². The van der Waals surface area contributed by atoms with Crippen LogP contribution in [-0.2, 0) is 4.79 Å². The zero-order valence-corrected chi connectivity index (χ0v) is 20.4. The number of anilines is 2. The fourth-order valence-corrected chi connectivity index (χ4v) is 4.67. The molecule has 1 fully saturated rings. The molecule has 2 aliphatic rings. The summed E-state index contributed by atoms with van der Waals surface area (Å²) in [6.45, 7) is 3.26. The lowest BCUT2D eigenvalue weighted by atomic mass is 10.00. The van der Waals surface area contributed by atoms with Gasteiger partial charge in [0.25, 0.3) is 11.8 Å². The molecule has 0 aromatic heterocycles. The van der Waals surface area contributed by atoms with Gasteiger partial charge in [-0.15, -0.1) is 0 Å². The molecule has 0 spiro atoms. The van der Waals surface area contributed by atoms with Crippen LogP contribution in [0.2, 0.25) is 0 Å². The van der Waals surface area contributed by atoms with Crippen molar-refractivity contribution in [2.24, 2.45) is 0 Å². The monoisotopic (exact) mass is 516 g/mol. The first kappa shape index (κ1) is 22.4. The molecule has 6 nitrogen and oxygen atoms in total. The molecule has 172 valence electrons. The van der Waals surface area contributed by atoms with E-state index in [-0.39, 0.29) is 11.8 Å². The van der Waals surface area contributed by atoms with Crippen molar-refractivity contribution >= 4 is 50.4 Å². The Balaban J connectivity index is 1.46. The molecule has 2 amide bonds. The van der Waals surface area contributed by atoms with E-state index in [4.69, 9.17) is 0 Å². The van der Waals surface area contributed by atoms with Gasteiger partial charge in [-0.2, -0.15) is 0 Å². The molecule has 3 aromatic rings. The van der Waals surface area contributed by atoms with E-state index < -0.39 is 0 Å². The number of amides is 2. The maximum Gasteiger partial charge on any atom is 0.258 e. The van der Waals surface area contributed by atoms with Gasteiger partial charge in [0, 0.05) is 47.5 Å². The van der Waals surface area contributed by atoms with Gasteiger partial charge in [0.05, 0.1) is 17.0 Å². The number of halogens is 1. The molecule has 0 radical (unpaired) electrons. The number of rotatable bonds is 4. The maximum absolute atomic E-state index is 13.0. The molecule has 0 aliphatic carbocycles. The molecular weight excluding hydrogens is 492 g/mol. The SMILES string of the molecule is CN1CCN(C(=O)c2ccc(NC(=C3C(=O)Nc4cc(Br)ccc43)c3ccccc3)cc2)CC1. The molecule has 0 atom stereocenters. The van der Waals surface area contributed by atoms with E-state index in [9.17, 15) is 9.59 Å². The Hall–Kier alpha value is -3.42. The minimum absolute atomic E-state index is 0.0518. The number of likely N-dealkylation sites (N-methyl/N-ethyl adjacent to an activating group) is 1. The number of piperazine rings is 1. The average Bonchev–Trinajstić information content (AvgIpc) is 3.18. The maximum atomic E-state index is 13.0. The summed E-state index contributed by atoms with van der Waals surface area (Å²) in [7, 11) is 2.07. The first-order valence-electron chi connectivity index (χ1n) is 11.3. The van der Waals surface area contributed by atoms with E-state index in [1.807, 2.05) is 77.7 Å². The third-order valence-corrected chi connectivity index (χ3v) is 6.72. The predicted octanol–water partition coefficient (Wildman–Crippen LogP) is 4.77. The third-order valence-electron chi connectivity index (χ3n) is 6.23. The van der Waals surface area contributed by atoms with E-state index in [1.165, 1.54) is 0 Å². The van der Waals surface area contributed by atoms with Crippen molar-refractivity contribution in [2.75, 3.05) is 43.9 Å². The van der Waals surface area contributed by atoms with E-state index in [0.29, 0.717) is 11.1 Å². The van der Waals surface area contributed by atoms with Gasteiger partial charge in [0.15, 0.2) is 0 Å². The van der Waals surface area contributed by atoms with Gasteiger partial charge in [-0.25, -0.2) is 0 Å². The second-order valence-corrected chi connectivity index (χ2v) is 9.47. The average molecular weight is 517 g/mol. The Morgan fingerprint density at radius 3 is 2.32 bits per heavy atom. The molecule has 3 aromatic carbocycles. The number of nitrogens with one attached hydrogen (secondary N) is 2. The smallest absolute Gasteiger partial charge is 0.258 e. The highest BCUT2D eigenvalue weighted by atomic mass is 79.9. The molecular formula is C27H25BrN4O2. The topological polar surface area (TPSA) is 64.7 Å². The first-order chi connectivity index (χ1) is 16.5. The lowest BCUT2D eigenvalue weighted by molar-refractivity contribution is -0.110. The molecule has 5 rings (SSSR count). The van der Waals surface area contributed by atoms with Crippen LogP contribution in [0.15, 0.2) is 77.3 Å². The standard InChI is InChI=1S/C27H25BrN4O2/c1-31-13-15-32(16-14-31)27(34)19-7-10-21(11-8-19)29-25(18-5-3-2-4-6-18)24-22-12-9-20(28)17-23(22)30-26(24)33/h2-12,17,29H,13-16H2,1H3,(H,30,33). The Labute approximate surface area is 207 Å². The van der Waals surface area contributed by atoms with E-state index in [1.54, 1.807) is 0 Å². The van der Waals surface area contributed by atoms with Crippen molar-refractivity contribution in [3.8, 4) is 0 Å². The van der Waals surface area contributed by atoms with Gasteiger partial charge < -0.3 is 20.4 Å². The third kappa shape index (κ3) is 4.49. The zero-order valence-electron chi connectivity index (χ0n) is 18.8. The Kier molecular flexibility index (Phi) is 6.22. The fraction of sp³-hybridized carbons (Fsp3) is 0.185. The van der Waals surface area contributed by atoms with Crippen LogP contribution in [0.4, 0.5) is 11.4 Å². The number of nitrogens with zero attached hydrogens (tertiary/aromatic N) is 2. The summed E-state index contributed by atoms with van der Waals surface area (Å²) in [6.07, 6.45) is 0. The Bertz CT molecular complexity index is 1260. The van der Waals surface area contributed by atoms with Crippen LogP contribution >= 0.6 is 15.9 Å². The minimum Gasteiger partial charge on any atom is -0.354 e. The predicted molar refractivity (Wildman–Crippen MR) is 139 cm³/mol. The van der Waals surface area contributed by atoms with Crippen molar-refractivity contribution in [1.29, 1.82) is 0 Å². The molecule has 0 bridgehead atoms. The Morgan fingerprint density at radius 1 is 0.912 bits per heavy atom. The number of hydrogen-bond donors (Lipinski definition) is 2. The fourth-order valence-electron chi connectivity index (χ4n) is 4.31. The molecule has 2 aliphatic heterocycles. The van der Waals surface area contributed by atoms with Gasteiger partial charge >= 0.3 is 0 Å². The van der Waals surface area contributed by atoms with E-state index in [2.05, 4.69) is 38.5 Å². The van der Waals surface area contributed by atoms with Crippen LogP contribution in [0.1, 0.15) is 21.5 Å². The lowest BCUT2D eigenvalue weighted by Gasteiger charge is -2.32. The van der Waals surface area contributed by atoms with Gasteiger partial charge in [-0.05, 0) is 49.0 Å². The zero-order chi connectivity index (χ0) is 23.7. The summed E-state index contributed by atoms with van der Waals surface area (Å²) >= 11 is 3.47. The molecule has 1 saturated heterocycles. The lowest BCUT2D eigenvalue weighted by Crippen LogP contribution is -2.47. The van der Waals surface area contributed by atoms with Crippen molar-refractivity contribution in [3.05, 3.63) is 94.0 Å². The number of hydrogen-bond acceptors (Lipinski definition) is 4. The van der Waals surface area contributed by atoms with Crippen molar-refractivity contribution in [2.45, 2.75) is 0 Å². The summed E-state index contributed by atoms with van der Waals surface area (Å²) in [6, 6.07) is 23.0. The van der Waals surface area contributed by atoms with Crippen LogP contribution in [0.3, 0.4) is 0 Å². The number of carbonyl (C=O) groups excluding carboxylic acids is 2. The summed E-state index contributed by atoms with van der Waals surface area (Å²) in [5, 5.41) is 6.42. The Morgan fingerprint density at radius 2 is 1.62 bits per heavy atom. The highest BCUT2D eigenvalue weighted by molar-refractivity contribution is 9.10. The number of benzene rings is 3. The first-order valence-corrected chi connectivity index (χ1v) is 12.0. The van der Waals surface area contributed by atoms with Gasteiger partial charge in [0.1, 0.15) is 0 Å². The van der Waals surface area contributed by atoms with Crippen LogP contribution in [0.5, 0.6) is 0 Å². The highest BCUT2D eigenvalue weighted by Gasteiger charge is 2.28. The van der Waals surface area contributed by atoms with Gasteiger partial charge in [-0.3, -0.25) is 9.59 Å². The molecule has 0 unspecified atom stereocenters. The second-order valence-electron chi connectivity index (χ2n) is 8.56. The molecule has 7 heteroatoms. The van der Waals surface area contributed by atoms with Crippen molar-refractivity contribution in [1.82, 2.24) is 9.80 Å². The number of carbonyl (C=O) groups is 2.